The topological polar surface area (TPSA) is 188 Å². The second-order valence-electron chi connectivity index (χ2n) is 6.16. The molecule has 0 rings (SSSR count). The molecule has 0 aromatic rings. The van der Waals surface area contributed by atoms with Crippen molar-refractivity contribution >= 4 is 29.7 Å². The number of carbonyl (C=O) groups is 5. The molecule has 0 aliphatic rings. The van der Waals surface area contributed by atoms with Crippen LogP contribution in [-0.2, 0) is 24.0 Å². The molecule has 0 saturated carbocycles. The summed E-state index contributed by atoms with van der Waals surface area (Å²) in [7, 11) is 2.78. The van der Waals surface area contributed by atoms with Gasteiger partial charge in [-0.05, 0) is 0 Å². The molecule has 0 aromatic carbocycles. The van der Waals surface area contributed by atoms with Gasteiger partial charge in [0.2, 0.25) is 11.8 Å². The monoisotopic (exact) mass is 890 g/mol. The Morgan fingerprint density at radius 2 is 0.781 bits per heavy atom. The zero-order valence-corrected chi connectivity index (χ0v) is 24.3. The van der Waals surface area contributed by atoms with E-state index in [9.17, 15) is 39.3 Å². The van der Waals surface area contributed by atoms with Gasteiger partial charge in [-0.15, -0.1) is 0 Å². The van der Waals surface area contributed by atoms with Gasteiger partial charge in [-0.1, -0.05) is 0 Å². The third-order valence-electron chi connectivity index (χ3n) is 3.82. The fourth-order valence-corrected chi connectivity index (χ4v) is 2.38. The average molecular weight is 888 g/mol. The molecule has 0 aliphatic heterocycles. The van der Waals surface area contributed by atoms with E-state index in [0.717, 1.165) is 0 Å². The molecule has 32 heavy (non-hydrogen) atoms. The molecule has 0 aliphatic carbocycles. The van der Waals surface area contributed by atoms with Crippen LogP contribution in [0.4, 0.5) is 0 Å². The summed E-state index contributed by atoms with van der Waals surface area (Å²) in [4.78, 5) is 59.6. The number of rotatable bonds is 16. The van der Waals surface area contributed by atoms with E-state index in [1.54, 1.807) is 0 Å². The van der Waals surface area contributed by atoms with Gasteiger partial charge in [0.25, 0.3) is 0 Å². The predicted octanol–water partition coefficient (Wildman–Crippen LogP) is -7.37. The normalized spacial score (nSPS) is 9.91. The molecule has 0 spiro atoms. The van der Waals surface area contributed by atoms with Crippen LogP contribution in [0.2, 0.25) is 0 Å². The fourth-order valence-electron chi connectivity index (χ4n) is 2.38. The van der Waals surface area contributed by atoms with Crippen molar-refractivity contribution in [3.05, 3.63) is 0 Å². The summed E-state index contributed by atoms with van der Waals surface area (Å²) < 4.78 is 0. The number of carbonyl (C=O) groups excluding carboxylic acids is 5. The molecular weight excluding hydrogens is 862 g/mol. The van der Waals surface area contributed by atoms with Gasteiger partial charge in [-0.2, -0.15) is 0 Å². The Bertz CT molecular complexity index is 558. The summed E-state index contributed by atoms with van der Waals surface area (Å²) >= 11 is 0. The van der Waals surface area contributed by atoms with Gasteiger partial charge in [0, 0.05) is 180 Å². The SMILES string of the molecule is CNC(=O)CN(CCN(CCN(CC(=O)[O-])CC(=O)NC)CC(=O)[O-])CC(=O)[O-].[Gd].[Gd].[Gd]. The van der Waals surface area contributed by atoms with E-state index >= 15 is 0 Å². The maximum atomic E-state index is 11.5. The summed E-state index contributed by atoms with van der Waals surface area (Å²) in [6.07, 6.45) is 0. The molecule has 0 fully saturated rings. The quantitative estimate of drug-likeness (QED) is 0.150. The van der Waals surface area contributed by atoms with E-state index in [4.69, 9.17) is 0 Å². The van der Waals surface area contributed by atoms with Crippen molar-refractivity contribution in [1.82, 2.24) is 25.3 Å². The smallest absolute Gasteiger partial charge is 0.233 e. The Morgan fingerprint density at radius 1 is 0.531 bits per heavy atom. The molecule has 0 saturated heterocycles. The Labute approximate surface area is 282 Å². The predicted molar refractivity (Wildman–Crippen MR) is 92.5 cm³/mol. The van der Waals surface area contributed by atoms with E-state index in [0.29, 0.717) is 0 Å². The Hall–Kier alpha value is 1.20. The van der Waals surface area contributed by atoms with E-state index in [-0.39, 0.29) is 159 Å². The third kappa shape index (κ3) is 23.0. The van der Waals surface area contributed by atoms with Gasteiger partial charge >= 0.3 is 0 Å². The zero-order chi connectivity index (χ0) is 22.4. The maximum Gasteiger partial charge on any atom is 0.233 e. The van der Waals surface area contributed by atoms with Crippen molar-refractivity contribution in [2.75, 3.05) is 73.0 Å². The minimum Gasteiger partial charge on any atom is -0.549 e. The standard InChI is InChI=1S/C16H29N5O8.3Gd/c1-17-12(22)7-20(10-15(26)27)5-3-19(9-14(24)25)4-6-21(11-16(28)29)8-13(23)18-2;;;/h3-11H2,1-2H3,(H,17,22)(H,18,23)(H,24,25)(H,26,27)(H,28,29);;;/p-3. The largest absolute Gasteiger partial charge is 0.549 e. The Balaban J connectivity index is -0.00000131. The molecule has 0 aromatic heterocycles. The molecule has 2 N–H and O–H groups in total. The minimum atomic E-state index is -1.40. The van der Waals surface area contributed by atoms with Crippen LogP contribution in [0.15, 0.2) is 0 Å². The first-order valence-electron chi connectivity index (χ1n) is 8.75. The number of likely N-dealkylation sites (N-methyl/N-ethyl adjacent to an activating group) is 2. The van der Waals surface area contributed by atoms with Crippen molar-refractivity contribution < 1.29 is 159 Å². The summed E-state index contributed by atoms with van der Waals surface area (Å²) in [6, 6.07) is 0. The number of hydrogen-bond donors (Lipinski definition) is 2. The van der Waals surface area contributed by atoms with Gasteiger partial charge in [-0.25, -0.2) is 0 Å². The van der Waals surface area contributed by atoms with Crippen molar-refractivity contribution in [2.24, 2.45) is 0 Å². The number of aliphatic carboxylic acids is 3. The van der Waals surface area contributed by atoms with Crippen LogP contribution >= 0.6 is 0 Å². The van der Waals surface area contributed by atoms with Gasteiger partial charge in [-0.3, -0.25) is 24.3 Å². The molecule has 0 heterocycles. The number of nitrogens with one attached hydrogen (secondary N) is 2. The molecule has 13 nitrogen and oxygen atoms in total. The van der Waals surface area contributed by atoms with Gasteiger partial charge in [0.05, 0.1) is 31.0 Å². The van der Waals surface area contributed by atoms with E-state index in [1.807, 2.05) is 0 Å². The van der Waals surface area contributed by atoms with Gasteiger partial charge < -0.3 is 40.3 Å². The molecule has 2 amide bonds. The second-order valence-corrected chi connectivity index (χ2v) is 6.16. The number of amides is 2. The van der Waals surface area contributed by atoms with Crippen molar-refractivity contribution in [3.63, 3.8) is 0 Å². The first-order valence-corrected chi connectivity index (χ1v) is 8.75. The van der Waals surface area contributed by atoms with Crippen LogP contribution < -0.4 is 26.0 Å². The number of carboxylic acids is 3. The Morgan fingerprint density at radius 3 is 1.03 bits per heavy atom. The first kappa shape index (κ1) is 40.4. The maximum absolute atomic E-state index is 11.5. The van der Waals surface area contributed by atoms with Gasteiger partial charge in [0.1, 0.15) is 0 Å². The second kappa shape index (κ2) is 23.9. The molecule has 0 atom stereocenters. The van der Waals surface area contributed by atoms with Crippen LogP contribution in [0.1, 0.15) is 0 Å². The van der Waals surface area contributed by atoms with Crippen molar-refractivity contribution in [3.8, 4) is 0 Å². The van der Waals surface area contributed by atoms with Gasteiger partial charge in [0.15, 0.2) is 0 Å². The first-order chi connectivity index (χ1) is 13.6. The van der Waals surface area contributed by atoms with Crippen LogP contribution in [-0.4, -0.2) is 117 Å². The summed E-state index contributed by atoms with van der Waals surface area (Å²) in [6.45, 7) is -1.84. The molecule has 16 heteroatoms. The van der Waals surface area contributed by atoms with E-state index in [1.165, 1.54) is 28.8 Å². The van der Waals surface area contributed by atoms with Crippen LogP contribution in [0.3, 0.4) is 0 Å². The molecule has 0 bridgehead atoms. The third-order valence-corrected chi connectivity index (χ3v) is 3.82. The molecule has 190 valence electrons. The van der Waals surface area contributed by atoms with Crippen molar-refractivity contribution in [1.29, 1.82) is 0 Å². The number of nitrogens with zero attached hydrogens (tertiary/aromatic N) is 3. The number of hydrogen-bond acceptors (Lipinski definition) is 11. The molecular formula is C16H26Gd3N5O8-3. The van der Waals surface area contributed by atoms with Crippen LogP contribution in [0.5, 0.6) is 0 Å². The molecule has 0 radical (unpaired) electrons. The van der Waals surface area contributed by atoms with E-state index < -0.39 is 49.4 Å². The Kier molecular flexibility index (Phi) is 30.2. The zero-order valence-electron chi connectivity index (χ0n) is 17.5. The van der Waals surface area contributed by atoms with Crippen LogP contribution in [0, 0.1) is 120 Å². The van der Waals surface area contributed by atoms with Crippen LogP contribution in [0.25, 0.3) is 0 Å². The molecule has 0 unspecified atom stereocenters. The fraction of sp³-hybridized carbons (Fsp3) is 0.688. The minimum absolute atomic E-state index is 0. The summed E-state index contributed by atoms with van der Waals surface area (Å²) in [5.41, 5.74) is 0. The number of carboxylic acid groups (broad SMARTS) is 3. The van der Waals surface area contributed by atoms with E-state index in [2.05, 4.69) is 10.6 Å². The summed E-state index contributed by atoms with van der Waals surface area (Å²) in [5, 5.41) is 37.4. The van der Waals surface area contributed by atoms with Crippen molar-refractivity contribution in [2.45, 2.75) is 0 Å². The average Bonchev–Trinajstić information content (AvgIpc) is 2.61. The summed E-state index contributed by atoms with van der Waals surface area (Å²) in [5.74, 6) is -5.04.